The summed E-state index contributed by atoms with van der Waals surface area (Å²) in [7, 11) is 0. The molecule has 0 bridgehead atoms. The van der Waals surface area contributed by atoms with Crippen LogP contribution in [0.5, 0.6) is 0 Å². The van der Waals surface area contributed by atoms with Crippen molar-refractivity contribution in [1.29, 1.82) is 0 Å². The first-order chi connectivity index (χ1) is 7.62. The first-order valence-corrected chi connectivity index (χ1v) is 6.63. The highest BCUT2D eigenvalue weighted by molar-refractivity contribution is 4.88. The van der Waals surface area contributed by atoms with E-state index < -0.39 is 5.60 Å². The van der Waals surface area contributed by atoms with E-state index >= 15 is 0 Å². The second-order valence-electron chi connectivity index (χ2n) is 5.96. The number of hydrogen-bond donors (Lipinski definition) is 2. The van der Waals surface area contributed by atoms with E-state index in [9.17, 15) is 5.11 Å². The summed E-state index contributed by atoms with van der Waals surface area (Å²) in [6.07, 6.45) is 6.59. The van der Waals surface area contributed by atoms with Gasteiger partial charge >= 0.3 is 0 Å². The maximum Gasteiger partial charge on any atom is 0.0771 e. The normalized spacial score (nSPS) is 28.1. The molecule has 1 aliphatic carbocycles. The Balaban J connectivity index is 1.70. The molecule has 3 heteroatoms. The predicted molar refractivity (Wildman–Crippen MR) is 64.4 cm³/mol. The molecule has 1 heterocycles. The van der Waals surface area contributed by atoms with Crippen molar-refractivity contribution < 1.29 is 9.84 Å². The van der Waals surface area contributed by atoms with E-state index in [1.54, 1.807) is 0 Å². The van der Waals surface area contributed by atoms with Crippen LogP contribution in [0.15, 0.2) is 0 Å². The van der Waals surface area contributed by atoms with Crippen molar-refractivity contribution in [2.75, 3.05) is 26.3 Å². The van der Waals surface area contributed by atoms with Gasteiger partial charge in [-0.15, -0.1) is 0 Å². The van der Waals surface area contributed by atoms with Crippen LogP contribution in [-0.2, 0) is 4.74 Å². The lowest BCUT2D eigenvalue weighted by Gasteiger charge is -2.35. The molecule has 0 aromatic heterocycles. The second kappa shape index (κ2) is 5.03. The first kappa shape index (κ1) is 12.3. The lowest BCUT2D eigenvalue weighted by molar-refractivity contribution is 0.0146. The molecular formula is C13H25NO2. The molecule has 2 fully saturated rings. The maximum atomic E-state index is 10.2. The van der Waals surface area contributed by atoms with Gasteiger partial charge in [-0.2, -0.15) is 0 Å². The minimum atomic E-state index is -0.415. The lowest BCUT2D eigenvalue weighted by Crippen LogP contribution is -2.43. The fourth-order valence-electron chi connectivity index (χ4n) is 2.85. The van der Waals surface area contributed by atoms with Crippen molar-refractivity contribution >= 4 is 0 Å². The molecule has 1 saturated heterocycles. The fraction of sp³-hybridized carbons (Fsp3) is 1.00. The predicted octanol–water partition coefficient (Wildman–Crippen LogP) is 1.70. The molecule has 0 amide bonds. The molecule has 2 rings (SSSR count). The van der Waals surface area contributed by atoms with Crippen LogP contribution in [0.3, 0.4) is 0 Å². The molecule has 16 heavy (non-hydrogen) atoms. The largest absolute Gasteiger partial charge is 0.389 e. The van der Waals surface area contributed by atoms with E-state index in [-0.39, 0.29) is 0 Å². The average Bonchev–Trinajstić information content (AvgIpc) is 2.66. The molecule has 0 radical (unpaired) electrons. The summed E-state index contributed by atoms with van der Waals surface area (Å²) >= 11 is 0. The molecule has 0 aromatic carbocycles. The molecule has 0 unspecified atom stereocenters. The Bertz CT molecular complexity index is 218. The van der Waals surface area contributed by atoms with Crippen LogP contribution in [-0.4, -0.2) is 37.0 Å². The SMILES string of the molecule is CC1(CNCC2(O)CCCC2)CCOCC1. The lowest BCUT2D eigenvalue weighted by atomic mass is 9.82. The van der Waals surface area contributed by atoms with E-state index in [1.807, 2.05) is 0 Å². The molecule has 0 spiro atoms. The van der Waals surface area contributed by atoms with Crippen molar-refractivity contribution in [3.05, 3.63) is 0 Å². The molecule has 0 aromatic rings. The quantitative estimate of drug-likeness (QED) is 0.768. The minimum absolute atomic E-state index is 0.368. The van der Waals surface area contributed by atoms with Crippen molar-refractivity contribution in [2.45, 2.75) is 51.0 Å². The third-order valence-corrected chi connectivity index (χ3v) is 4.24. The maximum absolute atomic E-state index is 10.2. The summed E-state index contributed by atoms with van der Waals surface area (Å²) in [5, 5.41) is 13.7. The van der Waals surface area contributed by atoms with Crippen LogP contribution in [0.4, 0.5) is 0 Å². The third kappa shape index (κ3) is 3.19. The Kier molecular flexibility index (Phi) is 3.88. The molecule has 0 atom stereocenters. The Labute approximate surface area is 98.6 Å². The van der Waals surface area contributed by atoms with Crippen molar-refractivity contribution in [3.63, 3.8) is 0 Å². The smallest absolute Gasteiger partial charge is 0.0771 e. The van der Waals surface area contributed by atoms with Gasteiger partial charge in [-0.3, -0.25) is 0 Å². The number of ether oxygens (including phenoxy) is 1. The number of hydrogen-bond acceptors (Lipinski definition) is 3. The molecule has 94 valence electrons. The van der Waals surface area contributed by atoms with Crippen LogP contribution in [0.1, 0.15) is 45.4 Å². The highest BCUT2D eigenvalue weighted by Crippen LogP contribution is 2.31. The highest BCUT2D eigenvalue weighted by Gasteiger charge is 2.32. The number of aliphatic hydroxyl groups is 1. The van der Waals surface area contributed by atoms with Gasteiger partial charge in [0.25, 0.3) is 0 Å². The summed E-state index contributed by atoms with van der Waals surface area (Å²) in [6, 6.07) is 0. The van der Waals surface area contributed by atoms with E-state index in [2.05, 4.69) is 12.2 Å². The molecule has 1 saturated carbocycles. The Morgan fingerprint density at radius 3 is 2.31 bits per heavy atom. The van der Waals surface area contributed by atoms with Crippen molar-refractivity contribution in [1.82, 2.24) is 5.32 Å². The van der Waals surface area contributed by atoms with Gasteiger partial charge < -0.3 is 15.2 Å². The van der Waals surface area contributed by atoms with Gasteiger partial charge in [0.1, 0.15) is 0 Å². The molecule has 1 aliphatic heterocycles. The minimum Gasteiger partial charge on any atom is -0.389 e. The number of rotatable bonds is 4. The average molecular weight is 227 g/mol. The van der Waals surface area contributed by atoms with Crippen LogP contribution in [0, 0.1) is 5.41 Å². The van der Waals surface area contributed by atoms with Gasteiger partial charge in [-0.1, -0.05) is 19.8 Å². The molecule has 2 aliphatic rings. The number of nitrogens with one attached hydrogen (secondary N) is 1. The fourth-order valence-corrected chi connectivity index (χ4v) is 2.85. The van der Waals surface area contributed by atoms with Gasteiger partial charge in [0, 0.05) is 26.3 Å². The Hall–Kier alpha value is -0.120. The summed E-state index contributed by atoms with van der Waals surface area (Å²) in [5.74, 6) is 0. The van der Waals surface area contributed by atoms with Crippen LogP contribution >= 0.6 is 0 Å². The summed E-state index contributed by atoms with van der Waals surface area (Å²) in [4.78, 5) is 0. The summed E-state index contributed by atoms with van der Waals surface area (Å²) in [6.45, 7) is 5.88. The van der Waals surface area contributed by atoms with Crippen LogP contribution in [0.25, 0.3) is 0 Å². The molecular weight excluding hydrogens is 202 g/mol. The topological polar surface area (TPSA) is 41.5 Å². The second-order valence-corrected chi connectivity index (χ2v) is 5.96. The zero-order valence-corrected chi connectivity index (χ0v) is 10.4. The van der Waals surface area contributed by atoms with Gasteiger partial charge in [-0.25, -0.2) is 0 Å². The van der Waals surface area contributed by atoms with Gasteiger partial charge in [0.2, 0.25) is 0 Å². The standard InChI is InChI=1S/C13H25NO2/c1-12(6-8-16-9-7-12)10-14-11-13(15)4-2-3-5-13/h14-15H,2-11H2,1H3. The highest BCUT2D eigenvalue weighted by atomic mass is 16.5. The Morgan fingerprint density at radius 1 is 1.06 bits per heavy atom. The van der Waals surface area contributed by atoms with Gasteiger partial charge in [-0.05, 0) is 31.1 Å². The zero-order chi connectivity index (χ0) is 11.5. The first-order valence-electron chi connectivity index (χ1n) is 6.63. The van der Waals surface area contributed by atoms with Crippen molar-refractivity contribution in [2.24, 2.45) is 5.41 Å². The van der Waals surface area contributed by atoms with Gasteiger partial charge in [0.05, 0.1) is 5.60 Å². The monoisotopic (exact) mass is 227 g/mol. The molecule has 2 N–H and O–H groups in total. The van der Waals surface area contributed by atoms with E-state index in [4.69, 9.17) is 4.74 Å². The summed E-state index contributed by atoms with van der Waals surface area (Å²) < 4.78 is 5.39. The zero-order valence-electron chi connectivity index (χ0n) is 10.4. The van der Waals surface area contributed by atoms with Crippen LogP contribution < -0.4 is 5.32 Å². The third-order valence-electron chi connectivity index (χ3n) is 4.24. The van der Waals surface area contributed by atoms with Crippen molar-refractivity contribution in [3.8, 4) is 0 Å². The summed E-state index contributed by atoms with van der Waals surface area (Å²) in [5.41, 5.74) is -0.0469. The Morgan fingerprint density at radius 2 is 1.69 bits per heavy atom. The van der Waals surface area contributed by atoms with E-state index in [1.165, 1.54) is 12.8 Å². The van der Waals surface area contributed by atoms with E-state index in [0.29, 0.717) is 5.41 Å². The molecule has 3 nitrogen and oxygen atoms in total. The van der Waals surface area contributed by atoms with E-state index in [0.717, 1.165) is 52.0 Å². The van der Waals surface area contributed by atoms with Gasteiger partial charge in [0.15, 0.2) is 0 Å². The van der Waals surface area contributed by atoms with Crippen LogP contribution in [0.2, 0.25) is 0 Å².